The molecule has 0 bridgehead atoms. The Morgan fingerprint density at radius 1 is 0.793 bits per heavy atom. The average molecular weight is 414 g/mol. The molecular formula is C22H39NO6. The number of quaternary nitrogens is 1. The van der Waals surface area contributed by atoms with Crippen molar-refractivity contribution in [3.63, 3.8) is 0 Å². The second-order valence-electron chi connectivity index (χ2n) is 7.91. The Bertz CT molecular complexity index is 495. The minimum absolute atomic E-state index is 0.164. The van der Waals surface area contributed by atoms with E-state index in [-0.39, 0.29) is 6.54 Å². The molecule has 0 aliphatic carbocycles. The van der Waals surface area contributed by atoms with Gasteiger partial charge in [-0.3, -0.25) is 4.48 Å². The van der Waals surface area contributed by atoms with Crippen LogP contribution in [0.15, 0.2) is 12.2 Å². The normalized spacial score (nSPS) is 16.8. The van der Waals surface area contributed by atoms with Gasteiger partial charge in [0.25, 0.3) is 0 Å². The van der Waals surface area contributed by atoms with Crippen molar-refractivity contribution < 1.29 is 34.2 Å². The number of rotatable bonds is 17. The van der Waals surface area contributed by atoms with Crippen LogP contribution in [-0.4, -0.2) is 57.3 Å². The van der Waals surface area contributed by atoms with Crippen molar-refractivity contribution >= 4 is 17.9 Å². The van der Waals surface area contributed by atoms with Crippen LogP contribution in [-0.2, 0) is 14.4 Å². The van der Waals surface area contributed by atoms with Gasteiger partial charge in [0.15, 0.2) is 12.1 Å². The molecule has 3 atom stereocenters. The number of aliphatic carboxylic acids is 3. The van der Waals surface area contributed by atoms with E-state index in [1.807, 2.05) is 0 Å². The van der Waals surface area contributed by atoms with Gasteiger partial charge in [-0.05, 0) is 59.3 Å². The molecule has 7 heteroatoms. The average Bonchev–Trinajstić information content (AvgIpc) is 2.67. The third-order valence-corrected chi connectivity index (χ3v) is 6.03. The number of hydrogen-bond donors (Lipinski definition) is 2. The first-order chi connectivity index (χ1) is 13.6. The number of nitrogens with zero attached hydrogens (tertiary/aromatic N) is 1. The molecule has 0 fully saturated rings. The summed E-state index contributed by atoms with van der Waals surface area (Å²) in [6.45, 7) is 6.45. The summed E-state index contributed by atoms with van der Waals surface area (Å²) in [5.41, 5.74) is 0. The summed E-state index contributed by atoms with van der Waals surface area (Å²) in [6, 6.07) is -3.58. The van der Waals surface area contributed by atoms with E-state index >= 15 is 0 Å². The first-order valence-electron chi connectivity index (χ1n) is 10.8. The number of carbonyl (C=O) groups is 3. The monoisotopic (exact) mass is 413 g/mol. The number of allylic oxidation sites excluding steroid dienone is 2. The Kier molecular flexibility index (Phi) is 13.2. The Labute approximate surface area is 175 Å². The quantitative estimate of drug-likeness (QED) is 0.215. The summed E-state index contributed by atoms with van der Waals surface area (Å²) >= 11 is 0. The maximum Gasteiger partial charge on any atom is 0.362 e. The number of carboxylic acid groups (broad SMARTS) is 3. The van der Waals surface area contributed by atoms with Crippen molar-refractivity contribution in [2.75, 3.05) is 6.54 Å². The Morgan fingerprint density at radius 2 is 1.24 bits per heavy atom. The van der Waals surface area contributed by atoms with Crippen LogP contribution in [0.5, 0.6) is 0 Å². The van der Waals surface area contributed by atoms with E-state index in [1.54, 1.807) is 0 Å². The molecular weight excluding hydrogens is 374 g/mol. The molecule has 29 heavy (non-hydrogen) atoms. The van der Waals surface area contributed by atoms with E-state index in [2.05, 4.69) is 19.1 Å². The highest BCUT2D eigenvalue weighted by atomic mass is 16.4. The van der Waals surface area contributed by atoms with Gasteiger partial charge in [0.2, 0.25) is 0 Å². The van der Waals surface area contributed by atoms with Gasteiger partial charge < -0.3 is 20.1 Å². The molecule has 0 saturated carbocycles. The number of hydrogen-bond acceptors (Lipinski definition) is 4. The van der Waals surface area contributed by atoms with Gasteiger partial charge in [-0.1, -0.05) is 38.3 Å². The summed E-state index contributed by atoms with van der Waals surface area (Å²) in [6.07, 6.45) is 13.5. The van der Waals surface area contributed by atoms with Crippen LogP contribution in [0.1, 0.15) is 85.5 Å². The lowest BCUT2D eigenvalue weighted by atomic mass is 10.00. The maximum absolute atomic E-state index is 11.7. The van der Waals surface area contributed by atoms with E-state index in [0.717, 1.165) is 25.7 Å². The molecule has 0 rings (SSSR count). The van der Waals surface area contributed by atoms with Crippen LogP contribution < -0.4 is 5.11 Å². The first kappa shape index (κ1) is 27.1. The zero-order valence-corrected chi connectivity index (χ0v) is 18.4. The highest BCUT2D eigenvalue weighted by molar-refractivity contribution is 5.76. The van der Waals surface area contributed by atoms with Crippen molar-refractivity contribution in [1.82, 2.24) is 0 Å². The molecule has 0 aliphatic heterocycles. The van der Waals surface area contributed by atoms with E-state index in [1.165, 1.54) is 46.5 Å². The second-order valence-corrected chi connectivity index (χ2v) is 7.91. The van der Waals surface area contributed by atoms with Crippen LogP contribution in [0.4, 0.5) is 0 Å². The van der Waals surface area contributed by atoms with E-state index < -0.39 is 40.5 Å². The molecule has 0 aliphatic rings. The minimum atomic E-state index is -1.43. The molecule has 0 aromatic rings. The molecule has 0 saturated heterocycles. The van der Waals surface area contributed by atoms with Gasteiger partial charge in [-0.2, -0.15) is 0 Å². The largest absolute Gasteiger partial charge is 0.544 e. The SMILES string of the molecule is CCCCCC/C=C/CCCCC[N+](C(C)C(=O)[O-])(C(C)C(=O)O)C(C)C(=O)O. The highest BCUT2D eigenvalue weighted by Gasteiger charge is 2.50. The third kappa shape index (κ3) is 8.56. The zero-order valence-electron chi connectivity index (χ0n) is 18.4. The maximum atomic E-state index is 11.7. The summed E-state index contributed by atoms with van der Waals surface area (Å²) in [7, 11) is 0. The predicted octanol–water partition coefficient (Wildman–Crippen LogP) is 2.97. The molecule has 0 aromatic heterocycles. The van der Waals surface area contributed by atoms with Crippen molar-refractivity contribution in [3.8, 4) is 0 Å². The molecule has 0 aromatic carbocycles. The molecule has 7 nitrogen and oxygen atoms in total. The van der Waals surface area contributed by atoms with Crippen molar-refractivity contribution in [1.29, 1.82) is 0 Å². The van der Waals surface area contributed by atoms with Gasteiger partial charge >= 0.3 is 11.9 Å². The van der Waals surface area contributed by atoms with Gasteiger partial charge in [-0.15, -0.1) is 0 Å². The van der Waals surface area contributed by atoms with Crippen molar-refractivity contribution in [2.24, 2.45) is 0 Å². The lowest BCUT2D eigenvalue weighted by Crippen LogP contribution is -2.72. The van der Waals surface area contributed by atoms with Crippen LogP contribution in [0.3, 0.4) is 0 Å². The van der Waals surface area contributed by atoms with Crippen molar-refractivity contribution in [2.45, 2.75) is 104 Å². The fourth-order valence-electron chi connectivity index (χ4n) is 3.94. The lowest BCUT2D eigenvalue weighted by Gasteiger charge is -2.49. The Morgan fingerprint density at radius 3 is 1.62 bits per heavy atom. The van der Waals surface area contributed by atoms with E-state index in [9.17, 15) is 29.7 Å². The predicted molar refractivity (Wildman–Crippen MR) is 110 cm³/mol. The standard InChI is InChI=1S/C22H39NO6/c1-5-6-7-8-9-10-11-12-13-14-15-16-23(17(2)20(24)25,18(3)21(26)27)19(4)22(28)29/h10-11,17-19H,5-9,12-16H2,1-4H3,(H2-,24,25,26,27,28,29)/b11-10+. The summed E-state index contributed by atoms with van der Waals surface area (Å²) in [4.78, 5) is 34.9. The van der Waals surface area contributed by atoms with Gasteiger partial charge in [0, 0.05) is 0 Å². The molecule has 0 radical (unpaired) electrons. The van der Waals surface area contributed by atoms with Crippen molar-refractivity contribution in [3.05, 3.63) is 12.2 Å². The summed E-state index contributed by atoms with van der Waals surface area (Å²) in [5, 5.41) is 30.6. The van der Waals surface area contributed by atoms with Gasteiger partial charge in [-0.25, -0.2) is 9.59 Å². The molecule has 0 amide bonds. The fraction of sp³-hybridized carbons (Fsp3) is 0.773. The van der Waals surface area contributed by atoms with E-state index in [4.69, 9.17) is 0 Å². The molecule has 0 heterocycles. The van der Waals surface area contributed by atoms with Gasteiger partial charge in [0.1, 0.15) is 6.04 Å². The zero-order chi connectivity index (χ0) is 22.4. The van der Waals surface area contributed by atoms with E-state index in [0.29, 0.717) is 6.42 Å². The topological polar surface area (TPSA) is 115 Å². The summed E-state index contributed by atoms with van der Waals surface area (Å²) < 4.78 is -0.555. The molecule has 168 valence electrons. The third-order valence-electron chi connectivity index (χ3n) is 6.03. The Hall–Kier alpha value is -1.89. The molecule has 3 unspecified atom stereocenters. The fourth-order valence-corrected chi connectivity index (χ4v) is 3.94. The number of unbranched alkanes of at least 4 members (excludes halogenated alkanes) is 7. The molecule has 2 N–H and O–H groups in total. The number of carboxylic acids is 3. The highest BCUT2D eigenvalue weighted by Crippen LogP contribution is 2.27. The van der Waals surface area contributed by atoms with Crippen LogP contribution >= 0.6 is 0 Å². The number of carbonyl (C=O) groups excluding carboxylic acids is 1. The van der Waals surface area contributed by atoms with Crippen LogP contribution in [0.2, 0.25) is 0 Å². The second kappa shape index (κ2) is 14.1. The Balaban J connectivity index is 4.90. The van der Waals surface area contributed by atoms with Crippen LogP contribution in [0, 0.1) is 0 Å². The van der Waals surface area contributed by atoms with Crippen LogP contribution in [0.25, 0.3) is 0 Å². The minimum Gasteiger partial charge on any atom is -0.544 e. The summed E-state index contributed by atoms with van der Waals surface area (Å²) in [5.74, 6) is -3.85. The smallest absolute Gasteiger partial charge is 0.362 e. The molecule has 0 spiro atoms. The lowest BCUT2D eigenvalue weighted by molar-refractivity contribution is -0.969. The van der Waals surface area contributed by atoms with Gasteiger partial charge in [0.05, 0.1) is 12.5 Å². The first-order valence-corrected chi connectivity index (χ1v) is 10.8.